The lowest BCUT2D eigenvalue weighted by Gasteiger charge is -1.91. The molecule has 0 N–H and O–H groups in total. The Balaban J connectivity index is 2.66. The van der Waals surface area contributed by atoms with Gasteiger partial charge in [0.05, 0.1) is 0 Å². The van der Waals surface area contributed by atoms with E-state index in [2.05, 4.69) is 4.98 Å². The van der Waals surface area contributed by atoms with E-state index < -0.39 is 14.3 Å². The van der Waals surface area contributed by atoms with Crippen LogP contribution in [0.3, 0.4) is 0 Å². The lowest BCUT2D eigenvalue weighted by atomic mass is 10.2. The van der Waals surface area contributed by atoms with E-state index in [1.807, 2.05) is 0 Å². The summed E-state index contributed by atoms with van der Waals surface area (Å²) >= 11 is 5.62. The molecule has 0 amide bonds. The number of hydrogen-bond donors (Lipinski definition) is 0. The summed E-state index contributed by atoms with van der Waals surface area (Å²) < 4.78 is 26.8. The number of rotatable bonds is 2. The van der Waals surface area contributed by atoms with Gasteiger partial charge in [0, 0.05) is 16.6 Å². The van der Waals surface area contributed by atoms with Crippen molar-refractivity contribution >= 4 is 42.4 Å². The second-order valence-corrected chi connectivity index (χ2v) is 5.56. The molecular formula is C8H5Cl2NO3S. The lowest BCUT2D eigenvalue weighted by Crippen LogP contribution is -1.88. The van der Waals surface area contributed by atoms with E-state index >= 15 is 0 Å². The van der Waals surface area contributed by atoms with Crippen molar-refractivity contribution in [3.8, 4) is 0 Å². The molecule has 1 aromatic heterocycles. The van der Waals surface area contributed by atoms with Crippen molar-refractivity contribution in [3.63, 3.8) is 0 Å². The van der Waals surface area contributed by atoms with Crippen LogP contribution in [-0.4, -0.2) is 13.4 Å². The van der Waals surface area contributed by atoms with Crippen LogP contribution in [-0.2, 0) is 14.9 Å². The van der Waals surface area contributed by atoms with Gasteiger partial charge < -0.3 is 4.42 Å². The van der Waals surface area contributed by atoms with Gasteiger partial charge in [0.1, 0.15) is 5.52 Å². The fraction of sp³-hybridized carbons (Fsp3) is 0.125. The van der Waals surface area contributed by atoms with Gasteiger partial charge in [-0.3, -0.25) is 0 Å². The number of hydrogen-bond acceptors (Lipinski definition) is 4. The first-order valence-electron chi connectivity index (χ1n) is 3.91. The Bertz CT molecular complexity index is 605. The molecule has 2 rings (SSSR count). The molecule has 0 radical (unpaired) electrons. The number of oxazole rings is 1. The first kappa shape index (κ1) is 10.7. The van der Waals surface area contributed by atoms with Gasteiger partial charge in [-0.25, -0.2) is 8.42 Å². The Morgan fingerprint density at radius 2 is 2.13 bits per heavy atom. The van der Waals surface area contributed by atoms with Crippen LogP contribution in [0.1, 0.15) is 5.56 Å². The third-order valence-corrected chi connectivity index (χ3v) is 3.09. The van der Waals surface area contributed by atoms with E-state index in [9.17, 15) is 8.42 Å². The fourth-order valence-corrected chi connectivity index (χ4v) is 1.90. The molecule has 0 fully saturated rings. The second-order valence-electron chi connectivity index (χ2n) is 2.85. The molecular weight excluding hydrogens is 261 g/mol. The predicted octanol–water partition coefficient (Wildman–Crippen LogP) is 2.49. The first-order valence-corrected chi connectivity index (χ1v) is 6.75. The highest BCUT2D eigenvalue weighted by Gasteiger charge is 2.18. The minimum absolute atomic E-state index is 0.325. The Kier molecular flexibility index (Phi) is 2.62. The maximum atomic E-state index is 10.9. The van der Waals surface area contributed by atoms with Crippen LogP contribution in [0.5, 0.6) is 0 Å². The molecule has 15 heavy (non-hydrogen) atoms. The third-order valence-electron chi connectivity index (χ3n) is 1.80. The van der Waals surface area contributed by atoms with Crippen LogP contribution in [0.25, 0.3) is 11.1 Å². The molecule has 80 valence electrons. The summed E-state index contributed by atoms with van der Waals surface area (Å²) in [7, 11) is 1.17. The minimum Gasteiger partial charge on any atom is -0.427 e. The van der Waals surface area contributed by atoms with Gasteiger partial charge in [-0.1, -0.05) is 6.07 Å². The second kappa shape index (κ2) is 3.66. The number of benzene rings is 1. The van der Waals surface area contributed by atoms with Crippen molar-refractivity contribution in [1.29, 1.82) is 0 Å². The van der Waals surface area contributed by atoms with Crippen molar-refractivity contribution in [2.75, 3.05) is 0 Å². The van der Waals surface area contributed by atoms with Gasteiger partial charge in [0.25, 0.3) is 0 Å². The SMILES string of the molecule is O=S(=O)(Cl)c1nc2cc(CCl)ccc2o1. The van der Waals surface area contributed by atoms with Crippen LogP contribution >= 0.6 is 22.3 Å². The fourth-order valence-electron chi connectivity index (χ4n) is 1.14. The molecule has 4 nitrogen and oxygen atoms in total. The molecule has 0 saturated carbocycles. The standard InChI is InChI=1S/C8H5Cl2NO3S/c9-4-5-1-2-7-6(3-5)11-8(14-7)15(10,12)13/h1-3H,4H2. The van der Waals surface area contributed by atoms with E-state index in [-0.39, 0.29) is 0 Å². The van der Waals surface area contributed by atoms with Crippen LogP contribution < -0.4 is 0 Å². The van der Waals surface area contributed by atoms with Crippen LogP contribution in [0.2, 0.25) is 0 Å². The highest BCUT2D eigenvalue weighted by molar-refractivity contribution is 8.13. The average molecular weight is 266 g/mol. The number of nitrogens with zero attached hydrogens (tertiary/aromatic N) is 1. The molecule has 0 unspecified atom stereocenters. The summed E-state index contributed by atoms with van der Waals surface area (Å²) in [5.41, 5.74) is 1.62. The van der Waals surface area contributed by atoms with Gasteiger partial charge in [0.15, 0.2) is 5.58 Å². The lowest BCUT2D eigenvalue weighted by molar-refractivity contribution is 0.464. The number of halogens is 2. The quantitative estimate of drug-likeness (QED) is 0.619. The van der Waals surface area contributed by atoms with Crippen molar-refractivity contribution in [2.45, 2.75) is 11.1 Å². The molecule has 0 aliphatic rings. The van der Waals surface area contributed by atoms with E-state index in [4.69, 9.17) is 26.7 Å². The van der Waals surface area contributed by atoms with Crippen molar-refractivity contribution in [2.24, 2.45) is 0 Å². The Hall–Kier alpha value is -0.780. The highest BCUT2D eigenvalue weighted by atomic mass is 35.7. The molecule has 7 heteroatoms. The smallest absolute Gasteiger partial charge is 0.332 e. The zero-order valence-electron chi connectivity index (χ0n) is 7.28. The average Bonchev–Trinajstić information content (AvgIpc) is 2.59. The summed E-state index contributed by atoms with van der Waals surface area (Å²) in [5, 5.41) is -0.495. The zero-order chi connectivity index (χ0) is 11.1. The molecule has 1 aromatic carbocycles. The van der Waals surface area contributed by atoms with Crippen molar-refractivity contribution in [1.82, 2.24) is 4.98 Å². The van der Waals surface area contributed by atoms with E-state index in [0.717, 1.165) is 5.56 Å². The van der Waals surface area contributed by atoms with Crippen molar-refractivity contribution in [3.05, 3.63) is 23.8 Å². The Labute approximate surface area is 95.2 Å². The van der Waals surface area contributed by atoms with E-state index in [1.165, 1.54) is 0 Å². The third kappa shape index (κ3) is 2.09. The number of aromatic nitrogens is 1. The summed E-state index contributed by atoms with van der Waals surface area (Å²) in [5.74, 6) is 0.325. The monoisotopic (exact) mass is 265 g/mol. The number of alkyl halides is 1. The van der Waals surface area contributed by atoms with E-state index in [0.29, 0.717) is 17.0 Å². The zero-order valence-corrected chi connectivity index (χ0v) is 9.60. The van der Waals surface area contributed by atoms with Gasteiger partial charge in [-0.15, -0.1) is 11.6 Å². The Morgan fingerprint density at radius 3 is 2.73 bits per heavy atom. The van der Waals surface area contributed by atoms with E-state index in [1.54, 1.807) is 18.2 Å². The van der Waals surface area contributed by atoms with Gasteiger partial charge in [-0.05, 0) is 17.7 Å². The number of fused-ring (bicyclic) bond motifs is 1. The summed E-state index contributed by atoms with van der Waals surface area (Å²) in [4.78, 5) is 3.75. The van der Waals surface area contributed by atoms with Crippen molar-refractivity contribution < 1.29 is 12.8 Å². The molecule has 0 spiro atoms. The topological polar surface area (TPSA) is 60.2 Å². The molecule has 0 saturated heterocycles. The van der Waals surface area contributed by atoms with Crippen LogP contribution in [0.15, 0.2) is 27.8 Å². The highest BCUT2D eigenvalue weighted by Crippen LogP contribution is 2.22. The summed E-state index contributed by atoms with van der Waals surface area (Å²) in [6, 6.07) is 4.98. The predicted molar refractivity (Wildman–Crippen MR) is 56.6 cm³/mol. The summed E-state index contributed by atoms with van der Waals surface area (Å²) in [6.45, 7) is 0. The first-order chi connectivity index (χ1) is 7.00. The maximum absolute atomic E-state index is 10.9. The molecule has 0 aliphatic carbocycles. The molecule has 0 bridgehead atoms. The summed E-state index contributed by atoms with van der Waals surface area (Å²) in [6.07, 6.45) is 0. The Morgan fingerprint density at radius 1 is 1.40 bits per heavy atom. The minimum atomic E-state index is -3.92. The van der Waals surface area contributed by atoms with Gasteiger partial charge >= 0.3 is 14.3 Å². The van der Waals surface area contributed by atoms with Gasteiger partial charge in [-0.2, -0.15) is 4.98 Å². The molecule has 2 aromatic rings. The molecule has 1 heterocycles. The van der Waals surface area contributed by atoms with Crippen LogP contribution in [0.4, 0.5) is 0 Å². The largest absolute Gasteiger partial charge is 0.427 e. The maximum Gasteiger partial charge on any atom is 0.332 e. The normalized spacial score (nSPS) is 12.1. The molecule has 0 atom stereocenters. The van der Waals surface area contributed by atoms with Gasteiger partial charge in [0.2, 0.25) is 0 Å². The molecule has 0 aliphatic heterocycles. The van der Waals surface area contributed by atoms with Crippen LogP contribution in [0, 0.1) is 0 Å².